The lowest BCUT2D eigenvalue weighted by Crippen LogP contribution is -2.37. The summed E-state index contributed by atoms with van der Waals surface area (Å²) in [7, 11) is 0. The predicted octanol–water partition coefficient (Wildman–Crippen LogP) is 4.52. The molecular formula is C17H12Cl2N2O3S2. The molecule has 2 heterocycles. The molecule has 134 valence electrons. The van der Waals surface area contributed by atoms with Gasteiger partial charge in [-0.2, -0.15) is 0 Å². The van der Waals surface area contributed by atoms with Crippen molar-refractivity contribution in [3.05, 3.63) is 61.1 Å². The summed E-state index contributed by atoms with van der Waals surface area (Å²) < 4.78 is 0. The van der Waals surface area contributed by atoms with Crippen molar-refractivity contribution in [2.75, 3.05) is 13.1 Å². The number of nitrogens with zero attached hydrogens (tertiary/aromatic N) is 1. The fourth-order valence-corrected chi connectivity index (χ4v) is 4.10. The van der Waals surface area contributed by atoms with E-state index in [0.29, 0.717) is 20.5 Å². The van der Waals surface area contributed by atoms with Crippen LogP contribution in [0.2, 0.25) is 10.0 Å². The summed E-state index contributed by atoms with van der Waals surface area (Å²) in [5, 5.41) is 4.81. The molecule has 0 aliphatic carbocycles. The molecule has 0 bridgehead atoms. The fraction of sp³-hybridized carbons (Fsp3) is 0.118. The lowest BCUT2D eigenvalue weighted by Gasteiger charge is -2.12. The molecule has 1 aromatic carbocycles. The van der Waals surface area contributed by atoms with E-state index < -0.39 is 5.91 Å². The maximum atomic E-state index is 12.5. The number of benzene rings is 1. The standard InChI is InChI=1S/C17H12Cl2N2O3S2/c18-11-4-1-3-10(14(11)19)9-13-16(23)21(17(24)26-13)7-6-20-15(22)12-5-2-8-25-12/h1-5,8-9H,6-7H2,(H,20,22)/b13-9-. The van der Waals surface area contributed by atoms with Crippen molar-refractivity contribution in [2.24, 2.45) is 0 Å². The predicted molar refractivity (Wildman–Crippen MR) is 106 cm³/mol. The number of carbonyl (C=O) groups excluding carboxylic acids is 3. The van der Waals surface area contributed by atoms with Gasteiger partial charge in [-0.15, -0.1) is 11.3 Å². The number of hydrogen-bond donors (Lipinski definition) is 1. The Hall–Kier alpha value is -1.80. The van der Waals surface area contributed by atoms with Gasteiger partial charge in [-0.25, -0.2) is 0 Å². The van der Waals surface area contributed by atoms with Crippen molar-refractivity contribution in [3.8, 4) is 0 Å². The zero-order chi connectivity index (χ0) is 18.7. The minimum atomic E-state index is -0.415. The first-order chi connectivity index (χ1) is 12.5. The van der Waals surface area contributed by atoms with Gasteiger partial charge < -0.3 is 5.32 Å². The van der Waals surface area contributed by atoms with Crippen molar-refractivity contribution in [1.29, 1.82) is 0 Å². The molecule has 0 radical (unpaired) electrons. The van der Waals surface area contributed by atoms with Gasteiger partial charge in [-0.05, 0) is 40.9 Å². The first kappa shape index (κ1) is 19.0. The number of halogens is 2. The molecule has 0 unspecified atom stereocenters. The number of nitrogens with one attached hydrogen (secondary N) is 1. The first-order valence-electron chi connectivity index (χ1n) is 7.48. The van der Waals surface area contributed by atoms with Gasteiger partial charge in [0.05, 0.1) is 19.8 Å². The summed E-state index contributed by atoms with van der Waals surface area (Å²) >= 11 is 14.2. The number of amides is 3. The molecule has 1 aliphatic heterocycles. The highest BCUT2D eigenvalue weighted by Gasteiger charge is 2.34. The molecule has 0 saturated carbocycles. The Bertz CT molecular complexity index is 897. The van der Waals surface area contributed by atoms with Crippen molar-refractivity contribution in [1.82, 2.24) is 10.2 Å². The lowest BCUT2D eigenvalue weighted by atomic mass is 10.2. The third-order valence-electron chi connectivity index (χ3n) is 3.51. The molecule has 1 fully saturated rings. The Kier molecular flexibility index (Phi) is 6.03. The Labute approximate surface area is 168 Å². The fourth-order valence-electron chi connectivity index (χ4n) is 2.24. The van der Waals surface area contributed by atoms with E-state index >= 15 is 0 Å². The maximum Gasteiger partial charge on any atom is 0.293 e. The second-order valence-corrected chi connectivity index (χ2v) is 7.94. The van der Waals surface area contributed by atoms with E-state index in [1.54, 1.807) is 41.8 Å². The van der Waals surface area contributed by atoms with E-state index in [1.165, 1.54) is 11.3 Å². The zero-order valence-corrected chi connectivity index (χ0v) is 16.3. The molecule has 0 atom stereocenters. The third-order valence-corrected chi connectivity index (χ3v) is 6.12. The van der Waals surface area contributed by atoms with E-state index in [0.717, 1.165) is 16.7 Å². The summed E-state index contributed by atoms with van der Waals surface area (Å²) in [6, 6.07) is 8.55. The Balaban J connectivity index is 1.64. The Morgan fingerprint density at radius 2 is 2.00 bits per heavy atom. The molecule has 9 heteroatoms. The van der Waals surface area contributed by atoms with Crippen LogP contribution >= 0.6 is 46.3 Å². The highest BCUT2D eigenvalue weighted by atomic mass is 35.5. The Morgan fingerprint density at radius 3 is 2.73 bits per heavy atom. The van der Waals surface area contributed by atoms with Crippen LogP contribution in [0.15, 0.2) is 40.6 Å². The second kappa shape index (κ2) is 8.26. The largest absolute Gasteiger partial charge is 0.350 e. The minimum absolute atomic E-state index is 0.0996. The van der Waals surface area contributed by atoms with Crippen molar-refractivity contribution in [2.45, 2.75) is 0 Å². The average molecular weight is 427 g/mol. The molecule has 1 saturated heterocycles. The van der Waals surface area contributed by atoms with Gasteiger partial charge in [0.1, 0.15) is 0 Å². The summed E-state index contributed by atoms with van der Waals surface area (Å²) in [5.74, 6) is -0.644. The molecule has 26 heavy (non-hydrogen) atoms. The second-order valence-electron chi connectivity index (χ2n) is 5.21. The van der Waals surface area contributed by atoms with Gasteiger partial charge in [0.2, 0.25) is 0 Å². The average Bonchev–Trinajstić information content (AvgIpc) is 3.23. The van der Waals surface area contributed by atoms with Crippen molar-refractivity contribution >= 4 is 69.4 Å². The summed E-state index contributed by atoms with van der Waals surface area (Å²) in [5.41, 5.74) is 0.565. The zero-order valence-electron chi connectivity index (χ0n) is 13.2. The third kappa shape index (κ3) is 4.12. The smallest absolute Gasteiger partial charge is 0.293 e. The molecule has 3 rings (SSSR count). The first-order valence-corrected chi connectivity index (χ1v) is 9.93. The monoisotopic (exact) mass is 426 g/mol. The van der Waals surface area contributed by atoms with Crippen LogP contribution in [0.3, 0.4) is 0 Å². The lowest BCUT2D eigenvalue weighted by molar-refractivity contribution is -0.122. The van der Waals surface area contributed by atoms with E-state index in [-0.39, 0.29) is 29.1 Å². The van der Waals surface area contributed by atoms with Crippen LogP contribution in [-0.4, -0.2) is 35.0 Å². The van der Waals surface area contributed by atoms with Gasteiger partial charge in [0, 0.05) is 13.1 Å². The molecule has 5 nitrogen and oxygen atoms in total. The SMILES string of the molecule is O=C(NCCN1C(=O)S/C(=C\c2cccc(Cl)c2Cl)C1=O)c1cccs1. The van der Waals surface area contributed by atoms with Crippen molar-refractivity contribution in [3.63, 3.8) is 0 Å². The van der Waals surface area contributed by atoms with Gasteiger partial charge in [-0.1, -0.05) is 41.4 Å². The Morgan fingerprint density at radius 1 is 1.19 bits per heavy atom. The number of thiophene rings is 1. The van der Waals surface area contributed by atoms with Crippen LogP contribution in [-0.2, 0) is 4.79 Å². The molecule has 1 aromatic heterocycles. The quantitative estimate of drug-likeness (QED) is 0.713. The normalized spacial score (nSPS) is 15.8. The number of imide groups is 1. The van der Waals surface area contributed by atoms with E-state index in [4.69, 9.17) is 23.2 Å². The van der Waals surface area contributed by atoms with Crippen LogP contribution < -0.4 is 5.32 Å². The minimum Gasteiger partial charge on any atom is -0.350 e. The van der Waals surface area contributed by atoms with E-state index in [1.807, 2.05) is 0 Å². The summed E-state index contributed by atoms with van der Waals surface area (Å²) in [6.07, 6.45) is 1.54. The molecule has 0 spiro atoms. The summed E-state index contributed by atoms with van der Waals surface area (Å²) in [6.45, 7) is 0.280. The van der Waals surface area contributed by atoms with Crippen LogP contribution in [0.4, 0.5) is 4.79 Å². The molecular weight excluding hydrogens is 415 g/mol. The number of thioether (sulfide) groups is 1. The highest BCUT2D eigenvalue weighted by Crippen LogP contribution is 2.34. The van der Waals surface area contributed by atoms with Gasteiger partial charge in [0.25, 0.3) is 17.1 Å². The topological polar surface area (TPSA) is 66.5 Å². The van der Waals surface area contributed by atoms with E-state index in [9.17, 15) is 14.4 Å². The maximum absolute atomic E-state index is 12.5. The molecule has 1 aliphatic rings. The molecule has 3 amide bonds. The van der Waals surface area contributed by atoms with Crippen LogP contribution in [0.25, 0.3) is 6.08 Å². The molecule has 1 N–H and O–H groups in total. The van der Waals surface area contributed by atoms with Crippen LogP contribution in [0, 0.1) is 0 Å². The van der Waals surface area contributed by atoms with Gasteiger partial charge >= 0.3 is 0 Å². The van der Waals surface area contributed by atoms with Gasteiger partial charge in [-0.3, -0.25) is 19.3 Å². The number of carbonyl (C=O) groups is 3. The number of rotatable bonds is 5. The van der Waals surface area contributed by atoms with Crippen LogP contribution in [0.5, 0.6) is 0 Å². The highest BCUT2D eigenvalue weighted by molar-refractivity contribution is 8.18. The van der Waals surface area contributed by atoms with Crippen LogP contribution in [0.1, 0.15) is 15.2 Å². The summed E-state index contributed by atoms with van der Waals surface area (Å²) in [4.78, 5) is 38.4. The number of hydrogen-bond acceptors (Lipinski definition) is 5. The van der Waals surface area contributed by atoms with Gasteiger partial charge in [0.15, 0.2) is 0 Å². The van der Waals surface area contributed by atoms with E-state index in [2.05, 4.69) is 5.32 Å². The van der Waals surface area contributed by atoms with Crippen molar-refractivity contribution < 1.29 is 14.4 Å². The molecule has 2 aromatic rings.